The van der Waals surface area contributed by atoms with Gasteiger partial charge in [0.05, 0.1) is 5.75 Å². The second-order valence-corrected chi connectivity index (χ2v) is 7.33. The number of fused-ring (bicyclic) bond motifs is 1. The molecule has 2 rings (SSSR count). The average Bonchev–Trinajstić information content (AvgIpc) is 2.46. The minimum absolute atomic E-state index is 0. The van der Waals surface area contributed by atoms with Crippen LogP contribution >= 0.6 is 12.4 Å². The Kier molecular flexibility index (Phi) is 6.48. The molecule has 1 aliphatic rings. The summed E-state index contributed by atoms with van der Waals surface area (Å²) in [6.45, 7) is 2.69. The van der Waals surface area contributed by atoms with Gasteiger partial charge in [0, 0.05) is 30.1 Å². The van der Waals surface area contributed by atoms with Crippen LogP contribution < -0.4 is 10.6 Å². The zero-order valence-corrected chi connectivity index (χ0v) is 13.6. The van der Waals surface area contributed by atoms with Crippen LogP contribution in [0.4, 0.5) is 5.69 Å². The van der Waals surface area contributed by atoms with Gasteiger partial charge in [0.2, 0.25) is 0 Å². The number of nitrogens with one attached hydrogen (secondary N) is 2. The Labute approximate surface area is 131 Å². The Morgan fingerprint density at radius 3 is 2.86 bits per heavy atom. The van der Waals surface area contributed by atoms with E-state index in [0.717, 1.165) is 30.6 Å². The summed E-state index contributed by atoms with van der Waals surface area (Å²) in [5.74, 6) is -0.104. The minimum Gasteiger partial charge on any atom is -0.385 e. The molecule has 21 heavy (non-hydrogen) atoms. The highest BCUT2D eigenvalue weighted by molar-refractivity contribution is 7.91. The summed E-state index contributed by atoms with van der Waals surface area (Å²) in [7, 11) is -3.04. The number of benzene rings is 1. The van der Waals surface area contributed by atoms with Gasteiger partial charge in [-0.25, -0.2) is 8.42 Å². The van der Waals surface area contributed by atoms with Crippen LogP contribution in [0.15, 0.2) is 18.2 Å². The number of hydrogen-bond donors (Lipinski definition) is 2. The van der Waals surface area contributed by atoms with Gasteiger partial charge in [-0.2, -0.15) is 0 Å². The van der Waals surface area contributed by atoms with Crippen LogP contribution in [0.25, 0.3) is 0 Å². The number of rotatable bonds is 5. The monoisotopic (exact) mass is 332 g/mol. The predicted molar refractivity (Wildman–Crippen MR) is 87.2 cm³/mol. The van der Waals surface area contributed by atoms with Crippen molar-refractivity contribution in [1.82, 2.24) is 5.32 Å². The Morgan fingerprint density at radius 2 is 2.14 bits per heavy atom. The van der Waals surface area contributed by atoms with Gasteiger partial charge >= 0.3 is 0 Å². The van der Waals surface area contributed by atoms with Crippen LogP contribution in [-0.4, -0.2) is 38.9 Å². The molecule has 5 nitrogen and oxygen atoms in total. The van der Waals surface area contributed by atoms with E-state index in [0.29, 0.717) is 5.56 Å². The first-order chi connectivity index (χ1) is 9.53. The van der Waals surface area contributed by atoms with Crippen LogP contribution in [0.3, 0.4) is 0 Å². The normalized spacial score (nSPS) is 13.6. The summed E-state index contributed by atoms with van der Waals surface area (Å²) in [6.07, 6.45) is 1.88. The summed E-state index contributed by atoms with van der Waals surface area (Å²) in [5, 5.41) is 5.97. The first-order valence-electron chi connectivity index (χ1n) is 6.88. The molecule has 1 amide bonds. The Hall–Kier alpha value is -1.27. The van der Waals surface area contributed by atoms with E-state index in [9.17, 15) is 13.2 Å². The Bertz CT molecular complexity index is 602. The summed E-state index contributed by atoms with van der Waals surface area (Å²) in [4.78, 5) is 12.2. The van der Waals surface area contributed by atoms with Gasteiger partial charge in [-0.05, 0) is 30.5 Å². The summed E-state index contributed by atoms with van der Waals surface area (Å²) in [5.41, 5.74) is 2.67. The lowest BCUT2D eigenvalue weighted by atomic mass is 9.97. The fraction of sp³-hybridized carbons (Fsp3) is 0.500. The van der Waals surface area contributed by atoms with Crippen molar-refractivity contribution in [2.45, 2.75) is 19.8 Å². The third kappa shape index (κ3) is 4.61. The van der Waals surface area contributed by atoms with Crippen molar-refractivity contribution in [3.63, 3.8) is 0 Å². The number of carbonyl (C=O) groups is 1. The molecule has 0 saturated heterocycles. The smallest absolute Gasteiger partial charge is 0.251 e. The van der Waals surface area contributed by atoms with Gasteiger partial charge in [0.1, 0.15) is 0 Å². The number of anilines is 1. The molecular weight excluding hydrogens is 312 g/mol. The zero-order chi connectivity index (χ0) is 14.6. The van der Waals surface area contributed by atoms with Crippen LogP contribution in [-0.2, 0) is 16.3 Å². The van der Waals surface area contributed by atoms with Crippen molar-refractivity contribution in [3.8, 4) is 0 Å². The van der Waals surface area contributed by atoms with Crippen molar-refractivity contribution in [1.29, 1.82) is 0 Å². The van der Waals surface area contributed by atoms with Gasteiger partial charge in [0.15, 0.2) is 9.84 Å². The highest BCUT2D eigenvalue weighted by atomic mass is 35.5. The molecule has 0 aliphatic carbocycles. The maximum Gasteiger partial charge on any atom is 0.251 e. The number of sulfone groups is 1. The third-order valence-corrected chi connectivity index (χ3v) is 5.18. The molecule has 0 bridgehead atoms. The Morgan fingerprint density at radius 1 is 1.38 bits per heavy atom. The third-order valence-electron chi connectivity index (χ3n) is 3.48. The molecule has 0 saturated carbocycles. The van der Waals surface area contributed by atoms with Crippen LogP contribution in [0.1, 0.15) is 29.3 Å². The molecule has 2 N–H and O–H groups in total. The molecule has 7 heteroatoms. The predicted octanol–water partition coefficient (Wildman–Crippen LogP) is 1.63. The Balaban J connectivity index is 0.00000220. The summed E-state index contributed by atoms with van der Waals surface area (Å²) in [6, 6.07) is 5.59. The van der Waals surface area contributed by atoms with Gasteiger partial charge in [-0.3, -0.25) is 4.79 Å². The van der Waals surface area contributed by atoms with Crippen LogP contribution in [0.5, 0.6) is 0 Å². The molecular formula is C14H21ClN2O3S. The van der Waals surface area contributed by atoms with E-state index in [1.54, 1.807) is 13.0 Å². The van der Waals surface area contributed by atoms with E-state index in [2.05, 4.69) is 10.6 Å². The number of halogens is 1. The first kappa shape index (κ1) is 17.8. The quantitative estimate of drug-likeness (QED) is 0.859. The number of amides is 1. The maximum absolute atomic E-state index is 12.2. The zero-order valence-electron chi connectivity index (χ0n) is 12.0. The van der Waals surface area contributed by atoms with E-state index in [-0.39, 0.29) is 36.4 Å². The molecule has 1 aromatic carbocycles. The number of hydrogen-bond acceptors (Lipinski definition) is 4. The van der Waals surface area contributed by atoms with E-state index in [1.165, 1.54) is 0 Å². The molecule has 0 fully saturated rings. The minimum atomic E-state index is -3.04. The lowest BCUT2D eigenvalue weighted by molar-refractivity contribution is 0.0955. The molecule has 0 spiro atoms. The summed E-state index contributed by atoms with van der Waals surface area (Å²) < 4.78 is 22.8. The van der Waals surface area contributed by atoms with E-state index in [4.69, 9.17) is 0 Å². The second-order valence-electron chi connectivity index (χ2n) is 4.85. The fourth-order valence-corrected chi connectivity index (χ4v) is 2.98. The molecule has 0 radical (unpaired) electrons. The van der Waals surface area contributed by atoms with E-state index < -0.39 is 9.84 Å². The van der Waals surface area contributed by atoms with E-state index in [1.807, 2.05) is 12.1 Å². The lowest BCUT2D eigenvalue weighted by Gasteiger charge is -2.20. The van der Waals surface area contributed by atoms with E-state index >= 15 is 0 Å². The topological polar surface area (TPSA) is 75.3 Å². The molecule has 0 aromatic heterocycles. The summed E-state index contributed by atoms with van der Waals surface area (Å²) >= 11 is 0. The first-order valence-corrected chi connectivity index (χ1v) is 8.70. The molecule has 0 unspecified atom stereocenters. The van der Waals surface area contributed by atoms with Crippen molar-refractivity contribution >= 4 is 33.8 Å². The van der Waals surface area contributed by atoms with Gasteiger partial charge in [-0.15, -0.1) is 12.4 Å². The molecule has 118 valence electrons. The van der Waals surface area contributed by atoms with Crippen molar-refractivity contribution < 1.29 is 13.2 Å². The standard InChI is InChI=1S/C14H20N2O3S.ClH/c1-2-20(18,19)10-9-16-14(17)12-5-3-7-13-11(12)6-4-8-15-13;/h3,5,7,15H,2,4,6,8-10H2,1H3,(H,16,17);1H. The van der Waals surface area contributed by atoms with Gasteiger partial charge < -0.3 is 10.6 Å². The number of carbonyl (C=O) groups excluding carboxylic acids is 1. The second kappa shape index (κ2) is 7.66. The van der Waals surface area contributed by atoms with Gasteiger partial charge in [-0.1, -0.05) is 13.0 Å². The molecule has 1 heterocycles. The van der Waals surface area contributed by atoms with Crippen LogP contribution in [0, 0.1) is 0 Å². The highest BCUT2D eigenvalue weighted by Crippen LogP contribution is 2.25. The van der Waals surface area contributed by atoms with Crippen molar-refractivity contribution in [2.75, 3.05) is 29.9 Å². The van der Waals surface area contributed by atoms with Crippen LogP contribution in [0.2, 0.25) is 0 Å². The van der Waals surface area contributed by atoms with Gasteiger partial charge in [0.25, 0.3) is 5.91 Å². The molecule has 1 aliphatic heterocycles. The highest BCUT2D eigenvalue weighted by Gasteiger charge is 2.17. The molecule has 1 aromatic rings. The maximum atomic E-state index is 12.2. The molecule has 0 atom stereocenters. The van der Waals surface area contributed by atoms with Crippen molar-refractivity contribution in [3.05, 3.63) is 29.3 Å². The largest absolute Gasteiger partial charge is 0.385 e. The fourth-order valence-electron chi connectivity index (χ4n) is 2.28. The average molecular weight is 333 g/mol. The van der Waals surface area contributed by atoms with Crippen molar-refractivity contribution in [2.24, 2.45) is 0 Å². The lowest BCUT2D eigenvalue weighted by Crippen LogP contribution is -2.30. The SMILES string of the molecule is CCS(=O)(=O)CCNC(=O)c1cccc2c1CCCN2.Cl.